The topological polar surface area (TPSA) is 0 Å². The maximum absolute atomic E-state index is 3.25. The molecule has 0 rings (SSSR count). The van der Waals surface area contributed by atoms with Crippen LogP contribution in [0.1, 0.15) is 67.2 Å². The first-order valence-corrected chi connectivity index (χ1v) is 6.10. The molecule has 15 heavy (non-hydrogen) atoms. The molecule has 0 spiro atoms. The van der Waals surface area contributed by atoms with Gasteiger partial charge in [0.15, 0.2) is 0 Å². The van der Waals surface area contributed by atoms with Crippen LogP contribution in [0.5, 0.6) is 0 Å². The molecule has 0 fully saturated rings. The predicted molar refractivity (Wildman–Crippen MR) is 68.1 cm³/mol. The summed E-state index contributed by atoms with van der Waals surface area (Å²) in [6.45, 7) is 16.5. The molecule has 88 valence electrons. The number of hydrogen-bond acceptors (Lipinski definition) is 0. The SMILES string of the molecule is CC[C-](CCC(C)C)CC(C)C.[CH2-]C.[Cd+2]. The van der Waals surface area contributed by atoms with Crippen LogP contribution in [-0.4, -0.2) is 0 Å². The van der Waals surface area contributed by atoms with Crippen LogP contribution < -0.4 is 0 Å². The molecule has 0 bridgehead atoms. The fraction of sp³-hybridized carbons (Fsp3) is 0.857. The minimum Gasteiger partial charge on any atom is -0.346 e. The van der Waals surface area contributed by atoms with Crippen LogP contribution >= 0.6 is 0 Å². The van der Waals surface area contributed by atoms with Gasteiger partial charge < -0.3 is 12.8 Å². The molecule has 0 amide bonds. The van der Waals surface area contributed by atoms with E-state index in [1.54, 1.807) is 12.8 Å². The van der Waals surface area contributed by atoms with Gasteiger partial charge in [0.1, 0.15) is 0 Å². The fourth-order valence-electron chi connectivity index (χ4n) is 1.49. The van der Waals surface area contributed by atoms with Crippen molar-refractivity contribution in [2.24, 2.45) is 11.8 Å². The Kier molecular flexibility index (Phi) is 21.1. The van der Waals surface area contributed by atoms with Crippen LogP contribution in [0.4, 0.5) is 0 Å². The quantitative estimate of drug-likeness (QED) is 0.462. The molecular weight excluding hydrogens is 281 g/mol. The van der Waals surface area contributed by atoms with Gasteiger partial charge in [-0.15, -0.1) is 0 Å². The third-order valence-corrected chi connectivity index (χ3v) is 2.27. The van der Waals surface area contributed by atoms with Crippen molar-refractivity contribution in [2.75, 3.05) is 0 Å². The largest absolute Gasteiger partial charge is 2.00 e. The van der Waals surface area contributed by atoms with E-state index in [1.807, 2.05) is 0 Å². The molecule has 0 atom stereocenters. The van der Waals surface area contributed by atoms with Crippen molar-refractivity contribution in [2.45, 2.75) is 67.2 Å². The average Bonchev–Trinajstić information content (AvgIpc) is 2.14. The zero-order chi connectivity index (χ0) is 11.6. The molecule has 0 aromatic heterocycles. The third-order valence-electron chi connectivity index (χ3n) is 2.27. The zero-order valence-electron chi connectivity index (χ0n) is 11.9. The van der Waals surface area contributed by atoms with Crippen LogP contribution in [0.15, 0.2) is 0 Å². The Morgan fingerprint density at radius 2 is 1.47 bits per heavy atom. The molecule has 0 nitrogen and oxygen atoms in total. The Morgan fingerprint density at radius 1 is 1.00 bits per heavy atom. The number of hydrogen-bond donors (Lipinski definition) is 0. The van der Waals surface area contributed by atoms with Crippen molar-refractivity contribution < 1.29 is 27.3 Å². The molecule has 0 aliphatic rings. The summed E-state index contributed by atoms with van der Waals surface area (Å²) in [6, 6.07) is 0. The Morgan fingerprint density at radius 3 is 1.73 bits per heavy atom. The second kappa shape index (κ2) is 14.9. The predicted octanol–water partition coefficient (Wildman–Crippen LogP) is 5.29. The van der Waals surface area contributed by atoms with Gasteiger partial charge >= 0.3 is 27.3 Å². The van der Waals surface area contributed by atoms with Gasteiger partial charge in [0, 0.05) is 0 Å². The summed E-state index contributed by atoms with van der Waals surface area (Å²) in [7, 11) is 0. The Hall–Kier alpha value is 0.922. The molecule has 0 unspecified atom stereocenters. The Labute approximate surface area is 119 Å². The van der Waals surface area contributed by atoms with Crippen molar-refractivity contribution >= 4 is 0 Å². The van der Waals surface area contributed by atoms with Crippen molar-refractivity contribution in [3.8, 4) is 0 Å². The maximum Gasteiger partial charge on any atom is 2.00 e. The maximum atomic E-state index is 3.25. The standard InChI is InChI=1S/C12H25.C2H5.Cd/c1-6-12(9-11(4)5)8-7-10(2)3;1-2;/h10-11H,6-9H2,1-5H3;1H2,2H3;/q2*-1;+2. The molecular formula is C14H30Cd. The van der Waals surface area contributed by atoms with E-state index >= 15 is 0 Å². The van der Waals surface area contributed by atoms with E-state index < -0.39 is 0 Å². The second-order valence-electron chi connectivity index (χ2n) is 4.63. The Balaban J connectivity index is -0.000000449. The Bertz CT molecular complexity index is 97.5. The summed E-state index contributed by atoms with van der Waals surface area (Å²) < 4.78 is 0. The van der Waals surface area contributed by atoms with E-state index in [2.05, 4.69) is 41.5 Å². The van der Waals surface area contributed by atoms with E-state index in [4.69, 9.17) is 0 Å². The molecule has 0 N–H and O–H groups in total. The van der Waals surface area contributed by atoms with E-state index in [-0.39, 0.29) is 27.3 Å². The van der Waals surface area contributed by atoms with Crippen LogP contribution in [0.3, 0.4) is 0 Å². The minimum absolute atomic E-state index is 0. The average molecular weight is 311 g/mol. The van der Waals surface area contributed by atoms with Gasteiger partial charge in [0.2, 0.25) is 0 Å². The van der Waals surface area contributed by atoms with Crippen molar-refractivity contribution in [3.05, 3.63) is 12.8 Å². The molecule has 1 heteroatoms. The summed E-state index contributed by atoms with van der Waals surface area (Å²) in [5, 5.41) is 0. The minimum atomic E-state index is 0. The number of rotatable bonds is 6. The molecule has 0 aromatic carbocycles. The van der Waals surface area contributed by atoms with Crippen molar-refractivity contribution in [1.82, 2.24) is 0 Å². The van der Waals surface area contributed by atoms with Crippen molar-refractivity contribution in [1.29, 1.82) is 0 Å². The van der Waals surface area contributed by atoms with Crippen LogP contribution in [0, 0.1) is 24.7 Å². The molecule has 0 aliphatic carbocycles. The smallest absolute Gasteiger partial charge is 0.346 e. The summed E-state index contributed by atoms with van der Waals surface area (Å²) >= 11 is 0. The molecule has 0 saturated carbocycles. The molecule has 0 heterocycles. The van der Waals surface area contributed by atoms with Gasteiger partial charge in [-0.25, -0.2) is 0 Å². The summed E-state index contributed by atoms with van der Waals surface area (Å²) in [5.41, 5.74) is 0. The summed E-state index contributed by atoms with van der Waals surface area (Å²) in [6.07, 6.45) is 5.34. The first-order chi connectivity index (χ1) is 6.56. The van der Waals surface area contributed by atoms with E-state index in [9.17, 15) is 0 Å². The van der Waals surface area contributed by atoms with E-state index in [0.717, 1.165) is 11.8 Å². The van der Waals surface area contributed by atoms with Gasteiger partial charge in [-0.05, 0) is 5.92 Å². The first kappa shape index (κ1) is 21.2. The van der Waals surface area contributed by atoms with Gasteiger partial charge in [-0.1, -0.05) is 47.0 Å². The first-order valence-electron chi connectivity index (χ1n) is 6.10. The summed E-state index contributed by atoms with van der Waals surface area (Å²) in [5.74, 6) is 3.46. The molecule has 0 aliphatic heterocycles. The third kappa shape index (κ3) is 17.5. The van der Waals surface area contributed by atoms with Crippen LogP contribution in [0.2, 0.25) is 0 Å². The van der Waals surface area contributed by atoms with E-state index in [1.165, 1.54) is 25.7 Å². The molecule has 0 aromatic rings. The van der Waals surface area contributed by atoms with Gasteiger partial charge in [0.25, 0.3) is 0 Å². The van der Waals surface area contributed by atoms with Gasteiger partial charge in [-0.2, -0.15) is 26.2 Å². The monoisotopic (exact) mass is 312 g/mol. The summed E-state index contributed by atoms with van der Waals surface area (Å²) in [4.78, 5) is 0. The second-order valence-corrected chi connectivity index (χ2v) is 4.63. The normalized spacial score (nSPS) is 10.0. The molecule has 0 radical (unpaired) electrons. The van der Waals surface area contributed by atoms with Crippen molar-refractivity contribution in [3.63, 3.8) is 0 Å². The van der Waals surface area contributed by atoms with Crippen LogP contribution in [0.25, 0.3) is 0 Å². The fourth-order valence-corrected chi connectivity index (χ4v) is 1.49. The zero-order valence-corrected chi connectivity index (χ0v) is 15.9. The van der Waals surface area contributed by atoms with Gasteiger partial charge in [-0.3, -0.25) is 0 Å². The van der Waals surface area contributed by atoms with Gasteiger partial charge in [0.05, 0.1) is 0 Å². The molecule has 0 saturated heterocycles. The van der Waals surface area contributed by atoms with E-state index in [0.29, 0.717) is 0 Å². The van der Waals surface area contributed by atoms with Crippen LogP contribution in [-0.2, 0) is 27.3 Å².